The Hall–Kier alpha value is -3.09. The van der Waals surface area contributed by atoms with Gasteiger partial charge in [-0.15, -0.1) is 0 Å². The van der Waals surface area contributed by atoms with Gasteiger partial charge in [-0.3, -0.25) is 0 Å². The summed E-state index contributed by atoms with van der Waals surface area (Å²) >= 11 is 0. The average molecular weight is 436 g/mol. The average Bonchev–Trinajstić information content (AvgIpc) is 3.48. The third-order valence-corrected chi connectivity index (χ3v) is 5.29. The quantitative estimate of drug-likeness (QED) is 0.393. The molecular formula is C26H29NO5. The van der Waals surface area contributed by atoms with Crippen molar-refractivity contribution in [1.82, 2.24) is 4.98 Å². The van der Waals surface area contributed by atoms with E-state index in [1.54, 1.807) is 7.11 Å². The summed E-state index contributed by atoms with van der Waals surface area (Å²) in [5, 5.41) is 0. The maximum atomic E-state index is 6.01. The van der Waals surface area contributed by atoms with E-state index in [9.17, 15) is 0 Å². The number of oxazole rings is 1. The van der Waals surface area contributed by atoms with Gasteiger partial charge in [0, 0.05) is 12.0 Å². The van der Waals surface area contributed by atoms with Gasteiger partial charge in [-0.05, 0) is 49.6 Å². The number of hydrogen-bond donors (Lipinski definition) is 0. The minimum Gasteiger partial charge on any atom is -0.493 e. The normalized spacial score (nSPS) is 14.3. The Balaban J connectivity index is 1.32. The van der Waals surface area contributed by atoms with Gasteiger partial charge in [0.15, 0.2) is 17.8 Å². The highest BCUT2D eigenvalue weighted by molar-refractivity contribution is 5.53. The van der Waals surface area contributed by atoms with E-state index in [1.807, 2.05) is 49.4 Å². The summed E-state index contributed by atoms with van der Waals surface area (Å²) in [5.74, 6) is 2.73. The Kier molecular flexibility index (Phi) is 7.59. The molecule has 6 nitrogen and oxygen atoms in total. The lowest BCUT2D eigenvalue weighted by atomic mass is 10.1. The predicted octanol–water partition coefficient (Wildman–Crippen LogP) is 5.49. The molecule has 1 saturated heterocycles. The van der Waals surface area contributed by atoms with E-state index in [-0.39, 0.29) is 6.29 Å². The van der Waals surface area contributed by atoms with Gasteiger partial charge in [-0.25, -0.2) is 4.98 Å². The lowest BCUT2D eigenvalue weighted by molar-refractivity contribution is -0.0457. The SMILES string of the molecule is COc1cc(CC=CCCC2OCCO2)ccc1OCc1nc(-c2ccccc2)oc1C. The van der Waals surface area contributed by atoms with E-state index >= 15 is 0 Å². The van der Waals surface area contributed by atoms with Gasteiger partial charge in [0.05, 0.1) is 20.3 Å². The monoisotopic (exact) mass is 435 g/mol. The number of nitrogens with zero attached hydrogens (tertiary/aromatic N) is 1. The number of rotatable bonds is 10. The number of aromatic nitrogens is 1. The molecule has 1 aliphatic heterocycles. The van der Waals surface area contributed by atoms with Gasteiger partial charge in [0.1, 0.15) is 18.1 Å². The van der Waals surface area contributed by atoms with Crippen LogP contribution in [0.4, 0.5) is 0 Å². The molecule has 1 aromatic heterocycles. The highest BCUT2D eigenvalue weighted by Crippen LogP contribution is 2.30. The summed E-state index contributed by atoms with van der Waals surface area (Å²) in [7, 11) is 1.65. The number of methoxy groups -OCH3 is 1. The van der Waals surface area contributed by atoms with Gasteiger partial charge in [0.2, 0.25) is 5.89 Å². The van der Waals surface area contributed by atoms with Crippen LogP contribution in [0.1, 0.15) is 29.9 Å². The van der Waals surface area contributed by atoms with E-state index in [2.05, 4.69) is 23.2 Å². The first-order valence-corrected chi connectivity index (χ1v) is 10.9. The first kappa shape index (κ1) is 22.1. The smallest absolute Gasteiger partial charge is 0.226 e. The van der Waals surface area contributed by atoms with Crippen LogP contribution in [0.5, 0.6) is 11.5 Å². The number of ether oxygens (including phenoxy) is 4. The molecule has 32 heavy (non-hydrogen) atoms. The maximum absolute atomic E-state index is 6.01. The Labute approximate surface area is 188 Å². The molecule has 168 valence electrons. The number of benzene rings is 2. The molecule has 0 atom stereocenters. The van der Waals surface area contributed by atoms with Crippen LogP contribution in [0.25, 0.3) is 11.5 Å². The highest BCUT2D eigenvalue weighted by atomic mass is 16.7. The van der Waals surface area contributed by atoms with Crippen molar-refractivity contribution in [3.63, 3.8) is 0 Å². The largest absolute Gasteiger partial charge is 0.493 e. The molecule has 0 spiro atoms. The summed E-state index contributed by atoms with van der Waals surface area (Å²) in [4.78, 5) is 4.60. The van der Waals surface area contributed by atoms with Crippen LogP contribution in [0.2, 0.25) is 0 Å². The summed E-state index contributed by atoms with van der Waals surface area (Å²) in [6.45, 7) is 3.61. The van der Waals surface area contributed by atoms with Crippen LogP contribution >= 0.6 is 0 Å². The van der Waals surface area contributed by atoms with Crippen LogP contribution in [0, 0.1) is 6.92 Å². The highest BCUT2D eigenvalue weighted by Gasteiger charge is 2.15. The molecule has 2 heterocycles. The van der Waals surface area contributed by atoms with Gasteiger partial charge in [-0.1, -0.05) is 36.4 Å². The van der Waals surface area contributed by atoms with Gasteiger partial charge >= 0.3 is 0 Å². The standard InChI is InChI=1S/C26H29NO5/c1-19-22(27-26(32-19)21-10-6-4-7-11-21)18-31-23-14-13-20(17-24(23)28-2)9-5-3-8-12-25-29-15-16-30-25/h3-7,10-11,13-14,17,25H,8-9,12,15-16,18H2,1-2H3. The zero-order chi connectivity index (χ0) is 22.2. The van der Waals surface area contributed by atoms with E-state index in [4.69, 9.17) is 23.4 Å². The molecule has 2 aromatic carbocycles. The molecule has 3 aromatic rings. The molecule has 0 amide bonds. The van der Waals surface area contributed by atoms with Crippen LogP contribution in [0.15, 0.2) is 65.1 Å². The molecule has 1 aliphatic rings. The van der Waals surface area contributed by atoms with Gasteiger partial charge < -0.3 is 23.4 Å². The minimum absolute atomic E-state index is 0.0479. The summed E-state index contributed by atoms with van der Waals surface area (Å²) in [6.07, 6.45) is 6.93. The first-order valence-electron chi connectivity index (χ1n) is 10.9. The van der Waals surface area contributed by atoms with Crippen molar-refractivity contribution in [3.05, 3.63) is 77.7 Å². The Bertz CT molecular complexity index is 1020. The maximum Gasteiger partial charge on any atom is 0.226 e. The third kappa shape index (κ3) is 5.78. The fourth-order valence-corrected chi connectivity index (χ4v) is 3.51. The van der Waals surface area contributed by atoms with Crippen molar-refractivity contribution >= 4 is 0 Å². The molecule has 1 fully saturated rings. The topological polar surface area (TPSA) is 63.0 Å². The Morgan fingerprint density at radius 2 is 1.84 bits per heavy atom. The molecule has 4 rings (SSSR count). The van der Waals surface area contributed by atoms with Crippen molar-refractivity contribution in [2.24, 2.45) is 0 Å². The van der Waals surface area contributed by atoms with Crippen LogP contribution in [-0.2, 0) is 22.5 Å². The van der Waals surface area contributed by atoms with Crippen LogP contribution in [0.3, 0.4) is 0 Å². The number of allylic oxidation sites excluding steroid dienone is 2. The molecule has 0 aliphatic carbocycles. The van der Waals surface area contributed by atoms with Crippen molar-refractivity contribution < 1.29 is 23.4 Å². The van der Waals surface area contributed by atoms with Crippen molar-refractivity contribution in [2.45, 2.75) is 39.1 Å². The van der Waals surface area contributed by atoms with Crippen LogP contribution in [-0.4, -0.2) is 31.6 Å². The molecule has 0 N–H and O–H groups in total. The summed E-state index contributed by atoms with van der Waals surface area (Å²) in [5.41, 5.74) is 2.87. The van der Waals surface area contributed by atoms with Crippen molar-refractivity contribution in [3.8, 4) is 23.0 Å². The van der Waals surface area contributed by atoms with E-state index < -0.39 is 0 Å². The second-order valence-electron chi connectivity index (χ2n) is 7.59. The fraction of sp³-hybridized carbons (Fsp3) is 0.346. The molecule has 0 radical (unpaired) electrons. The third-order valence-electron chi connectivity index (χ3n) is 5.29. The van der Waals surface area contributed by atoms with Crippen molar-refractivity contribution in [2.75, 3.05) is 20.3 Å². The van der Waals surface area contributed by atoms with Gasteiger partial charge in [0.25, 0.3) is 0 Å². The number of aryl methyl sites for hydroxylation is 1. The zero-order valence-electron chi connectivity index (χ0n) is 18.6. The lowest BCUT2D eigenvalue weighted by Crippen LogP contribution is -2.05. The second kappa shape index (κ2) is 11.0. The van der Waals surface area contributed by atoms with Crippen molar-refractivity contribution in [1.29, 1.82) is 0 Å². The second-order valence-corrected chi connectivity index (χ2v) is 7.59. The number of hydrogen-bond acceptors (Lipinski definition) is 6. The Morgan fingerprint density at radius 3 is 2.62 bits per heavy atom. The summed E-state index contributed by atoms with van der Waals surface area (Å²) in [6, 6.07) is 15.8. The Morgan fingerprint density at radius 1 is 1.03 bits per heavy atom. The van der Waals surface area contributed by atoms with E-state index in [0.717, 1.165) is 41.8 Å². The van der Waals surface area contributed by atoms with E-state index in [0.29, 0.717) is 37.2 Å². The molecule has 6 heteroatoms. The van der Waals surface area contributed by atoms with E-state index in [1.165, 1.54) is 0 Å². The zero-order valence-corrected chi connectivity index (χ0v) is 18.6. The molecule has 0 bridgehead atoms. The molecular weight excluding hydrogens is 406 g/mol. The van der Waals surface area contributed by atoms with Crippen LogP contribution < -0.4 is 9.47 Å². The first-order chi connectivity index (χ1) is 15.7. The fourth-order valence-electron chi connectivity index (χ4n) is 3.51. The minimum atomic E-state index is -0.0479. The molecule has 0 saturated carbocycles. The van der Waals surface area contributed by atoms with Gasteiger partial charge in [-0.2, -0.15) is 0 Å². The predicted molar refractivity (Wildman–Crippen MR) is 122 cm³/mol. The molecule has 0 unspecified atom stereocenters. The lowest BCUT2D eigenvalue weighted by Gasteiger charge is -2.11. The summed E-state index contributed by atoms with van der Waals surface area (Å²) < 4.78 is 28.3.